The van der Waals surface area contributed by atoms with E-state index in [2.05, 4.69) is 0 Å². The van der Waals surface area contributed by atoms with Crippen molar-refractivity contribution in [3.05, 3.63) is 0 Å². The molecule has 0 unspecified atom stereocenters. The van der Waals surface area contributed by atoms with E-state index < -0.39 is 6.43 Å². The topological polar surface area (TPSA) is 20.3 Å². The van der Waals surface area contributed by atoms with Gasteiger partial charge in [0, 0.05) is 0 Å². The summed E-state index contributed by atoms with van der Waals surface area (Å²) in [6, 6.07) is 0. The highest BCUT2D eigenvalue weighted by atomic mass is 19.3. The molecule has 0 atom stereocenters. The molecule has 0 aliphatic carbocycles. The second kappa shape index (κ2) is 4.38. The van der Waals surface area contributed by atoms with Gasteiger partial charge in [0.05, 0.1) is 13.1 Å². The van der Waals surface area contributed by atoms with E-state index in [-0.39, 0.29) is 13.1 Å². The van der Waals surface area contributed by atoms with Crippen LogP contribution in [0, 0.1) is 0 Å². The van der Waals surface area contributed by atoms with Gasteiger partial charge in [0.25, 0.3) is 6.43 Å². The molecule has 0 amide bonds. The Labute approximate surface area is 52.5 Å². The summed E-state index contributed by atoms with van der Waals surface area (Å²) in [5.74, 6) is 0. The number of likely N-dealkylation sites (N-methyl/N-ethyl adjacent to an activating group) is 1. The fourth-order valence-electron chi connectivity index (χ4n) is 0.437. The first-order chi connectivity index (χ1) is 4.16. The monoisotopic (exact) mass is 137 g/mol. The Kier molecular flexibility index (Phi) is 4.13. The molecule has 2 nitrogen and oxygen atoms in total. The van der Waals surface area contributed by atoms with Crippen molar-refractivity contribution in [3.63, 3.8) is 0 Å². The van der Waals surface area contributed by atoms with Crippen LogP contribution >= 0.6 is 0 Å². The minimum atomic E-state index is -2.35. The zero-order valence-electron chi connectivity index (χ0n) is 5.18. The molecule has 0 radical (unpaired) electrons. The largest absolute Gasteiger partial charge is 0.302 e. The van der Waals surface area contributed by atoms with Gasteiger partial charge in [-0.25, -0.2) is 8.78 Å². The summed E-state index contributed by atoms with van der Waals surface area (Å²) in [5.41, 5.74) is 0. The molecule has 9 heavy (non-hydrogen) atoms. The van der Waals surface area contributed by atoms with Crippen LogP contribution in [0.2, 0.25) is 0 Å². The normalized spacial score (nSPS) is 10.8. The van der Waals surface area contributed by atoms with Crippen LogP contribution < -0.4 is 0 Å². The Morgan fingerprint density at radius 1 is 1.67 bits per heavy atom. The first-order valence-electron chi connectivity index (χ1n) is 2.57. The maximum Gasteiger partial charge on any atom is 0.251 e. The second-order valence-electron chi connectivity index (χ2n) is 1.78. The predicted molar refractivity (Wildman–Crippen MR) is 29.6 cm³/mol. The zero-order valence-corrected chi connectivity index (χ0v) is 5.18. The van der Waals surface area contributed by atoms with Crippen LogP contribution in [0.1, 0.15) is 0 Å². The third kappa shape index (κ3) is 5.36. The molecular weight excluding hydrogens is 128 g/mol. The number of nitrogens with zero attached hydrogens (tertiary/aromatic N) is 1. The minimum absolute atomic E-state index is 0.0737. The van der Waals surface area contributed by atoms with Crippen molar-refractivity contribution in [1.29, 1.82) is 0 Å². The maximum atomic E-state index is 11.5. The maximum absolute atomic E-state index is 11.5. The van der Waals surface area contributed by atoms with Crippen LogP contribution in [0.25, 0.3) is 0 Å². The molecule has 0 aromatic carbocycles. The van der Waals surface area contributed by atoms with Crippen molar-refractivity contribution in [3.8, 4) is 0 Å². The molecule has 0 saturated carbocycles. The molecule has 0 aliphatic heterocycles. The summed E-state index contributed by atoms with van der Waals surface area (Å²) in [7, 11) is 1.47. The summed E-state index contributed by atoms with van der Waals surface area (Å²) < 4.78 is 22.9. The van der Waals surface area contributed by atoms with Crippen LogP contribution in [0.3, 0.4) is 0 Å². The molecule has 0 saturated heterocycles. The molecule has 0 aliphatic rings. The van der Waals surface area contributed by atoms with Crippen molar-refractivity contribution in [2.75, 3.05) is 20.1 Å². The van der Waals surface area contributed by atoms with Gasteiger partial charge in [-0.05, 0) is 7.05 Å². The fraction of sp³-hybridized carbons (Fsp3) is 0.800. The summed E-state index contributed by atoms with van der Waals surface area (Å²) in [4.78, 5) is 11.0. The third-order valence-electron chi connectivity index (χ3n) is 0.836. The van der Waals surface area contributed by atoms with Gasteiger partial charge in [0.2, 0.25) is 0 Å². The molecule has 0 rings (SSSR count). The number of carbonyl (C=O) groups is 1. The highest BCUT2D eigenvalue weighted by molar-refractivity contribution is 5.51. The average molecular weight is 137 g/mol. The molecule has 0 aromatic rings. The van der Waals surface area contributed by atoms with Gasteiger partial charge in [-0.15, -0.1) is 0 Å². The zero-order chi connectivity index (χ0) is 7.28. The van der Waals surface area contributed by atoms with Crippen molar-refractivity contribution in [2.24, 2.45) is 0 Å². The molecule has 0 spiro atoms. The van der Waals surface area contributed by atoms with Crippen LogP contribution in [0.15, 0.2) is 0 Å². The lowest BCUT2D eigenvalue weighted by atomic mass is 10.5. The Balaban J connectivity index is 3.25. The second-order valence-corrected chi connectivity index (χ2v) is 1.78. The molecular formula is C5H9F2NO. The Morgan fingerprint density at radius 2 is 2.22 bits per heavy atom. The highest BCUT2D eigenvalue weighted by Crippen LogP contribution is 1.93. The third-order valence-corrected chi connectivity index (χ3v) is 0.836. The Morgan fingerprint density at radius 3 is 2.56 bits per heavy atom. The van der Waals surface area contributed by atoms with Gasteiger partial charge in [-0.1, -0.05) is 0 Å². The molecule has 0 N–H and O–H groups in total. The van der Waals surface area contributed by atoms with E-state index in [0.717, 1.165) is 0 Å². The quantitative estimate of drug-likeness (QED) is 0.522. The number of halogens is 2. The highest BCUT2D eigenvalue weighted by Gasteiger charge is 2.05. The van der Waals surface area contributed by atoms with Crippen molar-refractivity contribution < 1.29 is 13.6 Å². The lowest BCUT2D eigenvalue weighted by Gasteiger charge is -2.10. The number of rotatable bonds is 4. The van der Waals surface area contributed by atoms with Crippen molar-refractivity contribution in [2.45, 2.75) is 6.43 Å². The number of alkyl halides is 2. The Hall–Kier alpha value is -0.510. The van der Waals surface area contributed by atoms with Crippen LogP contribution in [0.5, 0.6) is 0 Å². The minimum Gasteiger partial charge on any atom is -0.302 e. The van der Waals surface area contributed by atoms with Gasteiger partial charge in [-0.2, -0.15) is 0 Å². The van der Waals surface area contributed by atoms with E-state index in [4.69, 9.17) is 0 Å². The molecule has 0 fully saturated rings. The van der Waals surface area contributed by atoms with E-state index >= 15 is 0 Å². The predicted octanol–water partition coefficient (Wildman–Crippen LogP) is 0.382. The summed E-state index contributed by atoms with van der Waals surface area (Å²) in [5, 5.41) is 0. The lowest BCUT2D eigenvalue weighted by molar-refractivity contribution is -0.108. The van der Waals surface area contributed by atoms with E-state index in [1.807, 2.05) is 0 Å². The molecule has 0 aromatic heterocycles. The summed E-state index contributed by atoms with van der Waals surface area (Å²) >= 11 is 0. The Bertz CT molecular complexity index is 87.0. The standard InChI is InChI=1S/C5H9F2NO/c1-8(2-3-9)4-5(6)7/h3,5H,2,4H2,1H3. The molecule has 0 bridgehead atoms. The van der Waals surface area contributed by atoms with Crippen molar-refractivity contribution >= 4 is 6.29 Å². The van der Waals surface area contributed by atoms with Gasteiger partial charge in [-0.3, -0.25) is 4.90 Å². The van der Waals surface area contributed by atoms with Gasteiger partial charge in [0.1, 0.15) is 6.29 Å². The van der Waals surface area contributed by atoms with Crippen molar-refractivity contribution in [1.82, 2.24) is 4.90 Å². The number of carbonyl (C=O) groups excluding carboxylic acids is 1. The number of hydrogen-bond acceptors (Lipinski definition) is 2. The first kappa shape index (κ1) is 8.49. The lowest BCUT2D eigenvalue weighted by Crippen LogP contribution is -2.26. The van der Waals surface area contributed by atoms with Crippen LogP contribution in [0.4, 0.5) is 8.78 Å². The smallest absolute Gasteiger partial charge is 0.251 e. The SMILES string of the molecule is CN(CC=O)CC(F)F. The number of hydrogen-bond donors (Lipinski definition) is 0. The first-order valence-corrected chi connectivity index (χ1v) is 2.57. The van der Waals surface area contributed by atoms with E-state index in [1.165, 1.54) is 11.9 Å². The molecule has 4 heteroatoms. The van der Waals surface area contributed by atoms with Gasteiger partial charge < -0.3 is 4.79 Å². The summed E-state index contributed by atoms with van der Waals surface area (Å²) in [6.45, 7) is -0.261. The summed E-state index contributed by atoms with van der Waals surface area (Å²) in [6.07, 6.45) is -1.75. The molecule has 54 valence electrons. The van der Waals surface area contributed by atoms with E-state index in [0.29, 0.717) is 6.29 Å². The van der Waals surface area contributed by atoms with E-state index in [1.54, 1.807) is 0 Å². The number of aldehydes is 1. The van der Waals surface area contributed by atoms with Gasteiger partial charge >= 0.3 is 0 Å². The van der Waals surface area contributed by atoms with Crippen LogP contribution in [-0.4, -0.2) is 37.7 Å². The average Bonchev–Trinajstić information content (AvgIpc) is 1.63. The van der Waals surface area contributed by atoms with Gasteiger partial charge in [0.15, 0.2) is 0 Å². The fourth-order valence-corrected chi connectivity index (χ4v) is 0.437. The molecule has 0 heterocycles. The van der Waals surface area contributed by atoms with Crippen LogP contribution in [-0.2, 0) is 4.79 Å². The van der Waals surface area contributed by atoms with E-state index in [9.17, 15) is 13.6 Å².